The van der Waals surface area contributed by atoms with Gasteiger partial charge in [-0.05, 0) is 48.6 Å². The predicted octanol–water partition coefficient (Wildman–Crippen LogP) is 1.68. The van der Waals surface area contributed by atoms with Crippen LogP contribution in [0, 0.1) is 0 Å². The Morgan fingerprint density at radius 3 is 2.40 bits per heavy atom. The van der Waals surface area contributed by atoms with Gasteiger partial charge in [0.15, 0.2) is 5.11 Å². The molecule has 0 amide bonds. The highest BCUT2D eigenvalue weighted by Crippen LogP contribution is 2.22. The monoisotopic (exact) mass is 358 g/mol. The second-order valence-electron chi connectivity index (χ2n) is 5.93. The van der Waals surface area contributed by atoms with Gasteiger partial charge in [-0.2, -0.15) is 0 Å². The first-order valence-corrected chi connectivity index (χ1v) is 8.99. The molecule has 0 atom stereocenters. The predicted molar refractivity (Wildman–Crippen MR) is 104 cm³/mol. The van der Waals surface area contributed by atoms with Crippen molar-refractivity contribution >= 4 is 23.0 Å². The minimum Gasteiger partial charge on any atom is -0.457 e. The Kier molecular flexibility index (Phi) is 6.62. The van der Waals surface area contributed by atoms with Crippen molar-refractivity contribution in [2.75, 3.05) is 44.7 Å². The largest absolute Gasteiger partial charge is 0.457 e. The van der Waals surface area contributed by atoms with Crippen molar-refractivity contribution in [2.45, 2.75) is 0 Å². The van der Waals surface area contributed by atoms with E-state index in [0.29, 0.717) is 5.11 Å². The zero-order valence-electron chi connectivity index (χ0n) is 14.2. The lowest BCUT2D eigenvalue weighted by molar-refractivity contribution is -0.906. The number of quaternary nitrogens is 1. The number of benzene rings is 2. The molecular weight excluding hydrogens is 334 g/mol. The highest BCUT2D eigenvalue weighted by molar-refractivity contribution is 7.80. The van der Waals surface area contributed by atoms with Gasteiger partial charge in [-0.25, -0.2) is 0 Å². The topological polar surface area (TPSA) is 47.0 Å². The van der Waals surface area contributed by atoms with Crippen LogP contribution >= 0.6 is 12.2 Å². The van der Waals surface area contributed by atoms with Gasteiger partial charge >= 0.3 is 0 Å². The summed E-state index contributed by atoms with van der Waals surface area (Å²) in [5.74, 6) is 1.62. The van der Waals surface area contributed by atoms with E-state index in [4.69, 9.17) is 21.7 Å². The van der Waals surface area contributed by atoms with Crippen LogP contribution in [0.15, 0.2) is 54.6 Å². The van der Waals surface area contributed by atoms with Crippen LogP contribution in [0.5, 0.6) is 11.5 Å². The van der Waals surface area contributed by atoms with Gasteiger partial charge in [0.2, 0.25) is 0 Å². The maximum atomic E-state index is 5.78. The fourth-order valence-electron chi connectivity index (χ4n) is 2.67. The molecule has 2 aromatic carbocycles. The lowest BCUT2D eigenvalue weighted by atomic mass is 10.3. The molecule has 2 aromatic rings. The molecule has 3 N–H and O–H groups in total. The second kappa shape index (κ2) is 9.36. The van der Waals surface area contributed by atoms with Crippen LogP contribution in [0.25, 0.3) is 0 Å². The van der Waals surface area contributed by atoms with Crippen molar-refractivity contribution in [3.8, 4) is 11.5 Å². The van der Waals surface area contributed by atoms with Gasteiger partial charge in [0.1, 0.15) is 24.6 Å². The van der Waals surface area contributed by atoms with E-state index in [0.717, 1.165) is 56.6 Å². The third-order valence-corrected chi connectivity index (χ3v) is 4.30. The molecule has 132 valence electrons. The number of thiocarbonyl (C=S) groups is 1. The van der Waals surface area contributed by atoms with Crippen LogP contribution in [0.4, 0.5) is 5.69 Å². The quantitative estimate of drug-likeness (QED) is 0.686. The molecule has 0 aromatic heterocycles. The van der Waals surface area contributed by atoms with Crippen molar-refractivity contribution in [1.29, 1.82) is 0 Å². The molecule has 1 fully saturated rings. The standard InChI is InChI=1S/C19H23N3O2S/c25-19(20-10-11-22-12-14-23-15-13-22)21-16-6-8-18(9-7-16)24-17-4-2-1-3-5-17/h1-9H,10-15H2,(H2,20,21,25)/p+1. The van der Waals surface area contributed by atoms with E-state index in [-0.39, 0.29) is 0 Å². The van der Waals surface area contributed by atoms with Crippen molar-refractivity contribution < 1.29 is 14.4 Å². The molecule has 6 heteroatoms. The van der Waals surface area contributed by atoms with Gasteiger partial charge in [0.05, 0.1) is 26.3 Å². The smallest absolute Gasteiger partial charge is 0.170 e. The van der Waals surface area contributed by atoms with Crippen LogP contribution in [0.3, 0.4) is 0 Å². The summed E-state index contributed by atoms with van der Waals surface area (Å²) in [5.41, 5.74) is 0.941. The highest BCUT2D eigenvalue weighted by Gasteiger charge is 2.12. The molecule has 0 spiro atoms. The van der Waals surface area contributed by atoms with E-state index >= 15 is 0 Å². The number of anilines is 1. The van der Waals surface area contributed by atoms with Gasteiger partial charge < -0.3 is 25.0 Å². The van der Waals surface area contributed by atoms with E-state index in [2.05, 4.69) is 10.6 Å². The number of rotatable bonds is 6. The Balaban J connectivity index is 1.40. The number of ether oxygens (including phenoxy) is 2. The first kappa shape index (κ1) is 17.7. The Bertz CT molecular complexity index is 658. The maximum absolute atomic E-state index is 5.78. The average molecular weight is 358 g/mol. The molecule has 1 aliphatic heterocycles. The second-order valence-corrected chi connectivity index (χ2v) is 6.34. The SMILES string of the molecule is S=C(NCC[NH+]1CCOCC1)Nc1ccc(Oc2ccccc2)cc1. The molecule has 0 unspecified atom stereocenters. The number of hydrogen-bond acceptors (Lipinski definition) is 3. The summed E-state index contributed by atoms with van der Waals surface area (Å²) in [5, 5.41) is 7.10. The molecule has 0 saturated carbocycles. The third kappa shape index (κ3) is 6.01. The molecule has 0 radical (unpaired) electrons. The van der Waals surface area contributed by atoms with Gasteiger partial charge in [-0.3, -0.25) is 0 Å². The van der Waals surface area contributed by atoms with Crippen molar-refractivity contribution in [1.82, 2.24) is 5.32 Å². The van der Waals surface area contributed by atoms with Crippen LogP contribution in [-0.4, -0.2) is 44.5 Å². The molecule has 1 saturated heterocycles. The lowest BCUT2D eigenvalue weighted by Crippen LogP contribution is -3.14. The normalized spacial score (nSPS) is 14.7. The van der Waals surface area contributed by atoms with Crippen LogP contribution < -0.4 is 20.3 Å². The summed E-state index contributed by atoms with van der Waals surface area (Å²) in [6.07, 6.45) is 0. The molecule has 1 heterocycles. The van der Waals surface area contributed by atoms with Crippen LogP contribution in [-0.2, 0) is 4.74 Å². The van der Waals surface area contributed by atoms with Crippen molar-refractivity contribution in [2.24, 2.45) is 0 Å². The average Bonchev–Trinajstić information content (AvgIpc) is 2.65. The zero-order chi connectivity index (χ0) is 17.3. The minimum atomic E-state index is 0.643. The summed E-state index contributed by atoms with van der Waals surface area (Å²) < 4.78 is 11.1. The first-order chi connectivity index (χ1) is 12.3. The number of para-hydroxylation sites is 1. The summed E-state index contributed by atoms with van der Waals surface area (Å²) in [6, 6.07) is 17.5. The van der Waals surface area contributed by atoms with Gasteiger partial charge in [-0.15, -0.1) is 0 Å². The lowest BCUT2D eigenvalue weighted by Gasteiger charge is -2.24. The van der Waals surface area contributed by atoms with E-state index in [1.807, 2.05) is 54.6 Å². The fourth-order valence-corrected chi connectivity index (χ4v) is 2.89. The van der Waals surface area contributed by atoms with E-state index in [9.17, 15) is 0 Å². The molecule has 0 aliphatic carbocycles. The molecular formula is C19H24N3O2S+. The molecule has 25 heavy (non-hydrogen) atoms. The van der Waals surface area contributed by atoms with Gasteiger partial charge in [0, 0.05) is 5.69 Å². The van der Waals surface area contributed by atoms with Crippen LogP contribution in [0.1, 0.15) is 0 Å². The summed E-state index contributed by atoms with van der Waals surface area (Å²) in [7, 11) is 0. The molecule has 5 nitrogen and oxygen atoms in total. The van der Waals surface area contributed by atoms with Gasteiger partial charge in [0.25, 0.3) is 0 Å². The summed E-state index contributed by atoms with van der Waals surface area (Å²) in [6.45, 7) is 5.77. The number of nitrogens with one attached hydrogen (secondary N) is 3. The Labute approximate surface area is 153 Å². The zero-order valence-corrected chi connectivity index (χ0v) is 15.0. The van der Waals surface area contributed by atoms with Gasteiger partial charge in [-0.1, -0.05) is 18.2 Å². The van der Waals surface area contributed by atoms with E-state index in [1.165, 1.54) is 0 Å². The van der Waals surface area contributed by atoms with Crippen molar-refractivity contribution in [3.63, 3.8) is 0 Å². The molecule has 3 rings (SSSR count). The number of morpholine rings is 1. The fraction of sp³-hybridized carbons (Fsp3) is 0.316. The molecule has 0 bridgehead atoms. The number of hydrogen-bond donors (Lipinski definition) is 3. The summed E-state index contributed by atoms with van der Waals surface area (Å²) in [4.78, 5) is 1.56. The Morgan fingerprint density at radius 2 is 1.68 bits per heavy atom. The van der Waals surface area contributed by atoms with E-state index < -0.39 is 0 Å². The highest BCUT2D eigenvalue weighted by atomic mass is 32.1. The van der Waals surface area contributed by atoms with Crippen LogP contribution in [0.2, 0.25) is 0 Å². The van der Waals surface area contributed by atoms with Crippen molar-refractivity contribution in [3.05, 3.63) is 54.6 Å². The summed E-state index contributed by atoms with van der Waals surface area (Å²) >= 11 is 5.35. The first-order valence-electron chi connectivity index (χ1n) is 8.59. The Morgan fingerprint density at radius 1 is 1.00 bits per heavy atom. The Hall–Kier alpha value is -2.15. The third-order valence-electron chi connectivity index (χ3n) is 4.06. The minimum absolute atomic E-state index is 0.643. The maximum Gasteiger partial charge on any atom is 0.170 e. The van der Waals surface area contributed by atoms with E-state index in [1.54, 1.807) is 4.90 Å². The molecule has 1 aliphatic rings.